The molecule has 0 aliphatic carbocycles. The average molecular weight is 451 g/mol. The van der Waals surface area contributed by atoms with Crippen molar-refractivity contribution in [2.75, 3.05) is 12.9 Å². The summed E-state index contributed by atoms with van der Waals surface area (Å²) in [5, 5.41) is 14.4. The van der Waals surface area contributed by atoms with Gasteiger partial charge in [0.05, 0.1) is 12.8 Å². The molecule has 152 valence electrons. The molecule has 0 saturated carbocycles. The Kier molecular flexibility index (Phi) is 7.41. The summed E-state index contributed by atoms with van der Waals surface area (Å²) < 4.78 is 13.4. The predicted octanol–water partition coefficient (Wildman–Crippen LogP) is 5.48. The Labute approximate surface area is 183 Å². The fourth-order valence-corrected chi connectivity index (χ4v) is 3.52. The molecule has 0 amide bonds. The largest absolute Gasteiger partial charge is 0.490 e. The fourth-order valence-electron chi connectivity index (χ4n) is 2.54. The van der Waals surface area contributed by atoms with E-state index in [2.05, 4.69) is 15.3 Å². The highest BCUT2D eigenvalue weighted by Crippen LogP contribution is 2.31. The molecule has 1 heterocycles. The van der Waals surface area contributed by atoms with Crippen molar-refractivity contribution in [1.29, 1.82) is 0 Å². The summed E-state index contributed by atoms with van der Waals surface area (Å²) in [6.45, 7) is 4.52. The van der Waals surface area contributed by atoms with Crippen LogP contribution >= 0.6 is 35.0 Å². The second-order valence-electron chi connectivity index (χ2n) is 5.92. The Bertz CT molecular complexity index is 1000. The highest BCUT2D eigenvalue weighted by Gasteiger charge is 2.11. The molecule has 29 heavy (non-hydrogen) atoms. The van der Waals surface area contributed by atoms with Crippen LogP contribution in [0.2, 0.25) is 10.0 Å². The Morgan fingerprint density at radius 1 is 1.10 bits per heavy atom. The molecular weight excluding hydrogens is 431 g/mol. The van der Waals surface area contributed by atoms with E-state index in [0.29, 0.717) is 34.0 Å². The maximum atomic E-state index is 6.22. The monoisotopic (exact) mass is 450 g/mol. The maximum absolute atomic E-state index is 6.22. The van der Waals surface area contributed by atoms with Crippen molar-refractivity contribution in [3.8, 4) is 11.5 Å². The van der Waals surface area contributed by atoms with Crippen molar-refractivity contribution >= 4 is 41.2 Å². The van der Waals surface area contributed by atoms with E-state index < -0.39 is 0 Å². The molecule has 0 spiro atoms. The van der Waals surface area contributed by atoms with E-state index in [4.69, 9.17) is 32.7 Å². The number of hydrogen-bond donors (Lipinski definition) is 0. The van der Waals surface area contributed by atoms with Gasteiger partial charge in [0.1, 0.15) is 6.61 Å². The van der Waals surface area contributed by atoms with Crippen LogP contribution < -0.4 is 9.47 Å². The van der Waals surface area contributed by atoms with Gasteiger partial charge in [0, 0.05) is 15.6 Å². The molecule has 0 aliphatic rings. The third-order valence-electron chi connectivity index (χ3n) is 3.97. The van der Waals surface area contributed by atoms with Crippen LogP contribution in [0.3, 0.4) is 0 Å². The van der Waals surface area contributed by atoms with E-state index in [1.807, 2.05) is 38.3 Å². The SMILES string of the molecule is CCOc1cc(/C=N\n2c(C)nnc2SC)ccc1OCc1c(Cl)cccc1Cl. The average Bonchev–Trinajstić information content (AvgIpc) is 3.07. The maximum Gasteiger partial charge on any atom is 0.211 e. The normalized spacial score (nSPS) is 11.2. The summed E-state index contributed by atoms with van der Waals surface area (Å²) in [6.07, 6.45) is 3.66. The molecule has 0 saturated heterocycles. The molecule has 0 N–H and O–H groups in total. The first-order valence-electron chi connectivity index (χ1n) is 8.86. The molecule has 0 bridgehead atoms. The van der Waals surface area contributed by atoms with Gasteiger partial charge in [-0.1, -0.05) is 41.0 Å². The summed E-state index contributed by atoms with van der Waals surface area (Å²) in [6, 6.07) is 11.0. The Balaban J connectivity index is 1.81. The Morgan fingerprint density at radius 2 is 1.86 bits per heavy atom. The predicted molar refractivity (Wildman–Crippen MR) is 118 cm³/mol. The Morgan fingerprint density at radius 3 is 2.55 bits per heavy atom. The van der Waals surface area contributed by atoms with Crippen LogP contribution in [-0.4, -0.2) is 34.0 Å². The second kappa shape index (κ2) is 10.0. The van der Waals surface area contributed by atoms with E-state index >= 15 is 0 Å². The highest BCUT2D eigenvalue weighted by atomic mass is 35.5. The van der Waals surface area contributed by atoms with Crippen molar-refractivity contribution in [3.63, 3.8) is 0 Å². The lowest BCUT2D eigenvalue weighted by atomic mass is 10.2. The second-order valence-corrected chi connectivity index (χ2v) is 7.51. The van der Waals surface area contributed by atoms with Gasteiger partial charge in [0.15, 0.2) is 17.3 Å². The zero-order valence-corrected chi connectivity index (χ0v) is 18.6. The number of ether oxygens (including phenoxy) is 2. The van der Waals surface area contributed by atoms with Gasteiger partial charge in [0.2, 0.25) is 5.16 Å². The van der Waals surface area contributed by atoms with Crippen LogP contribution in [-0.2, 0) is 6.61 Å². The van der Waals surface area contributed by atoms with Gasteiger partial charge in [-0.25, -0.2) is 0 Å². The molecule has 0 unspecified atom stereocenters. The molecule has 0 aliphatic heterocycles. The van der Waals surface area contributed by atoms with Crippen molar-refractivity contribution in [1.82, 2.24) is 14.9 Å². The lowest BCUT2D eigenvalue weighted by molar-refractivity contribution is 0.269. The minimum atomic E-state index is 0.239. The van der Waals surface area contributed by atoms with Gasteiger partial charge in [-0.2, -0.15) is 9.78 Å². The quantitative estimate of drug-likeness (QED) is 0.336. The number of benzene rings is 2. The van der Waals surface area contributed by atoms with Crippen LogP contribution in [0.1, 0.15) is 23.9 Å². The zero-order valence-electron chi connectivity index (χ0n) is 16.2. The summed E-state index contributed by atoms with van der Waals surface area (Å²) >= 11 is 13.9. The minimum absolute atomic E-state index is 0.239. The Hall–Kier alpha value is -2.22. The van der Waals surface area contributed by atoms with E-state index in [9.17, 15) is 0 Å². The number of aromatic nitrogens is 3. The summed E-state index contributed by atoms with van der Waals surface area (Å²) in [5.41, 5.74) is 1.59. The summed E-state index contributed by atoms with van der Waals surface area (Å²) in [5.74, 6) is 1.93. The molecule has 0 radical (unpaired) electrons. The summed E-state index contributed by atoms with van der Waals surface area (Å²) in [4.78, 5) is 0. The lowest BCUT2D eigenvalue weighted by Gasteiger charge is -2.14. The molecule has 0 atom stereocenters. The fraction of sp³-hybridized carbons (Fsp3) is 0.250. The number of halogens is 2. The van der Waals surface area contributed by atoms with E-state index in [1.54, 1.807) is 29.1 Å². The van der Waals surface area contributed by atoms with Gasteiger partial charge in [-0.15, -0.1) is 10.2 Å². The molecule has 3 rings (SSSR count). The number of rotatable bonds is 8. The van der Waals surface area contributed by atoms with Crippen molar-refractivity contribution < 1.29 is 9.47 Å². The first-order valence-corrected chi connectivity index (χ1v) is 10.8. The van der Waals surface area contributed by atoms with Crippen molar-refractivity contribution in [3.05, 3.63) is 63.4 Å². The van der Waals surface area contributed by atoms with Crippen LogP contribution in [0, 0.1) is 6.92 Å². The van der Waals surface area contributed by atoms with E-state index in [1.165, 1.54) is 11.8 Å². The number of thioether (sulfide) groups is 1. The van der Waals surface area contributed by atoms with Crippen LogP contribution in [0.15, 0.2) is 46.7 Å². The number of hydrogen-bond acceptors (Lipinski definition) is 6. The molecule has 0 fully saturated rings. The number of nitrogens with zero attached hydrogens (tertiary/aromatic N) is 4. The van der Waals surface area contributed by atoms with Crippen molar-refractivity contribution in [2.45, 2.75) is 25.6 Å². The molecule has 6 nitrogen and oxygen atoms in total. The molecule has 9 heteroatoms. The summed E-state index contributed by atoms with van der Waals surface area (Å²) in [7, 11) is 0. The topological polar surface area (TPSA) is 61.5 Å². The first kappa shape index (κ1) is 21.5. The third-order valence-corrected chi connectivity index (χ3v) is 5.30. The van der Waals surface area contributed by atoms with Gasteiger partial charge in [-0.3, -0.25) is 0 Å². The third kappa shape index (κ3) is 5.23. The van der Waals surface area contributed by atoms with Gasteiger partial charge >= 0.3 is 0 Å². The molecular formula is C20H20Cl2N4O2S. The first-order chi connectivity index (χ1) is 14.0. The van der Waals surface area contributed by atoms with Crippen molar-refractivity contribution in [2.24, 2.45) is 5.10 Å². The van der Waals surface area contributed by atoms with Crippen LogP contribution in [0.4, 0.5) is 0 Å². The zero-order chi connectivity index (χ0) is 20.8. The van der Waals surface area contributed by atoms with Gasteiger partial charge < -0.3 is 9.47 Å². The highest BCUT2D eigenvalue weighted by molar-refractivity contribution is 7.98. The molecule has 2 aromatic carbocycles. The van der Waals surface area contributed by atoms with Crippen LogP contribution in [0.5, 0.6) is 11.5 Å². The molecule has 1 aromatic heterocycles. The number of aryl methyl sites for hydroxylation is 1. The van der Waals surface area contributed by atoms with E-state index in [-0.39, 0.29) is 6.61 Å². The standard InChI is InChI=1S/C20H20Cl2N4O2S/c1-4-27-19-10-14(11-23-26-13(2)24-25-20(26)29-3)8-9-18(19)28-12-15-16(21)6-5-7-17(15)22/h5-11H,4,12H2,1-3H3/b23-11-. The van der Waals surface area contributed by atoms with Crippen LogP contribution in [0.25, 0.3) is 0 Å². The lowest BCUT2D eigenvalue weighted by Crippen LogP contribution is -2.02. The minimum Gasteiger partial charge on any atom is -0.490 e. The van der Waals surface area contributed by atoms with Gasteiger partial charge in [0.25, 0.3) is 0 Å². The smallest absolute Gasteiger partial charge is 0.211 e. The van der Waals surface area contributed by atoms with E-state index in [0.717, 1.165) is 16.3 Å². The molecule has 3 aromatic rings. The van der Waals surface area contributed by atoms with Gasteiger partial charge in [-0.05, 0) is 56.0 Å².